The zero-order chi connectivity index (χ0) is 23.1. The number of ether oxygens (including phenoxy) is 1. The van der Waals surface area contributed by atoms with Crippen LogP contribution in [-0.2, 0) is 0 Å². The number of hydrazone groups is 1. The van der Waals surface area contributed by atoms with Crippen molar-refractivity contribution in [1.29, 1.82) is 0 Å². The Hall–Kier alpha value is -3.47. The second-order valence-electron chi connectivity index (χ2n) is 7.82. The second kappa shape index (κ2) is 8.47. The van der Waals surface area contributed by atoms with Crippen molar-refractivity contribution in [2.45, 2.75) is 25.5 Å². The predicted molar refractivity (Wildman–Crippen MR) is 115 cm³/mol. The summed E-state index contributed by atoms with van der Waals surface area (Å²) in [7, 11) is 0. The Kier molecular flexibility index (Phi) is 5.49. The Morgan fingerprint density at radius 2 is 1.91 bits per heavy atom. The van der Waals surface area contributed by atoms with E-state index in [-0.39, 0.29) is 19.0 Å². The highest BCUT2D eigenvalue weighted by Gasteiger charge is 2.39. The van der Waals surface area contributed by atoms with Crippen LogP contribution in [0.25, 0.3) is 11.3 Å². The highest BCUT2D eigenvalue weighted by atomic mass is 32.1. The Bertz CT molecular complexity index is 1220. The third-order valence-electron chi connectivity index (χ3n) is 5.53. The standard InChI is InChI=1S/C22H18F3N5O2S/c1-12-17(11-33-28-12)19-3-2-18(25)21(27-19)32-16-9-29(10-16)22(31)30-20(4-5-26-30)13-6-14(23)8-15(24)7-13/h2-3,5-8,11,16,20H,4,9-10H2,1H3. The van der Waals surface area contributed by atoms with Gasteiger partial charge >= 0.3 is 6.03 Å². The van der Waals surface area contributed by atoms with Crippen LogP contribution in [0.2, 0.25) is 0 Å². The van der Waals surface area contributed by atoms with Crippen molar-refractivity contribution in [2.24, 2.45) is 5.10 Å². The van der Waals surface area contributed by atoms with Gasteiger partial charge in [0.15, 0.2) is 5.82 Å². The molecule has 0 saturated carbocycles. The molecule has 2 amide bonds. The summed E-state index contributed by atoms with van der Waals surface area (Å²) >= 11 is 1.29. The monoisotopic (exact) mass is 473 g/mol. The molecule has 0 spiro atoms. The molecule has 170 valence electrons. The normalized spacial score (nSPS) is 18.0. The molecular formula is C22H18F3N5O2S. The van der Waals surface area contributed by atoms with Gasteiger partial charge in [0.1, 0.15) is 17.7 Å². The van der Waals surface area contributed by atoms with Crippen molar-refractivity contribution in [3.63, 3.8) is 0 Å². The molecule has 2 aliphatic rings. The van der Waals surface area contributed by atoms with Crippen LogP contribution in [0.4, 0.5) is 18.0 Å². The number of carbonyl (C=O) groups excluding carboxylic acids is 1. The molecule has 1 atom stereocenters. The fraction of sp³-hybridized carbons (Fsp3) is 0.273. The van der Waals surface area contributed by atoms with E-state index in [4.69, 9.17) is 4.74 Å². The van der Waals surface area contributed by atoms with E-state index < -0.39 is 35.6 Å². The lowest BCUT2D eigenvalue weighted by Crippen LogP contribution is -2.59. The van der Waals surface area contributed by atoms with Crippen LogP contribution in [0, 0.1) is 24.4 Å². The smallest absolute Gasteiger partial charge is 0.341 e. The molecule has 1 saturated heterocycles. The van der Waals surface area contributed by atoms with E-state index in [9.17, 15) is 18.0 Å². The Balaban J connectivity index is 1.24. The van der Waals surface area contributed by atoms with Gasteiger partial charge in [-0.25, -0.2) is 28.0 Å². The first-order valence-electron chi connectivity index (χ1n) is 10.2. The van der Waals surface area contributed by atoms with Gasteiger partial charge in [-0.15, -0.1) is 0 Å². The van der Waals surface area contributed by atoms with Gasteiger partial charge in [-0.1, -0.05) is 0 Å². The Morgan fingerprint density at radius 1 is 1.15 bits per heavy atom. The van der Waals surface area contributed by atoms with Crippen molar-refractivity contribution in [2.75, 3.05) is 13.1 Å². The average molecular weight is 473 g/mol. The maximum atomic E-state index is 14.3. The number of hydrogen-bond acceptors (Lipinski definition) is 6. The van der Waals surface area contributed by atoms with Crippen LogP contribution >= 0.6 is 11.5 Å². The maximum Gasteiger partial charge on any atom is 0.341 e. The third kappa shape index (κ3) is 4.15. The first-order valence-corrected chi connectivity index (χ1v) is 11.0. The molecule has 0 N–H and O–H groups in total. The molecule has 5 rings (SSSR count). The molecule has 0 bridgehead atoms. The predicted octanol–water partition coefficient (Wildman–Crippen LogP) is 4.55. The fourth-order valence-electron chi connectivity index (χ4n) is 3.81. The SMILES string of the molecule is Cc1nscc1-c1ccc(F)c(OC2CN(C(=O)N3N=CCC3c3cc(F)cc(F)c3)C2)n1. The number of amides is 2. The van der Waals surface area contributed by atoms with Gasteiger partial charge in [0.05, 0.1) is 30.5 Å². The number of likely N-dealkylation sites (tertiary alicyclic amines) is 1. The van der Waals surface area contributed by atoms with Gasteiger partial charge in [0.25, 0.3) is 5.88 Å². The highest BCUT2D eigenvalue weighted by molar-refractivity contribution is 7.04. The summed E-state index contributed by atoms with van der Waals surface area (Å²) in [4.78, 5) is 18.6. The van der Waals surface area contributed by atoms with Crippen LogP contribution in [-0.4, -0.2) is 50.7 Å². The lowest BCUT2D eigenvalue weighted by Gasteiger charge is -2.40. The molecule has 11 heteroatoms. The minimum absolute atomic E-state index is 0.137. The quantitative estimate of drug-likeness (QED) is 0.558. The summed E-state index contributed by atoms with van der Waals surface area (Å²) in [6.07, 6.45) is 1.44. The van der Waals surface area contributed by atoms with Crippen molar-refractivity contribution >= 4 is 23.8 Å². The van der Waals surface area contributed by atoms with Crippen molar-refractivity contribution in [1.82, 2.24) is 19.3 Å². The molecule has 33 heavy (non-hydrogen) atoms. The number of hydrogen-bond donors (Lipinski definition) is 0. The molecule has 1 unspecified atom stereocenters. The average Bonchev–Trinajstić information content (AvgIpc) is 3.39. The van der Waals surface area contributed by atoms with Crippen molar-refractivity contribution < 1.29 is 22.7 Å². The van der Waals surface area contributed by atoms with E-state index in [1.807, 2.05) is 12.3 Å². The topological polar surface area (TPSA) is 70.9 Å². The van der Waals surface area contributed by atoms with Gasteiger partial charge in [-0.3, -0.25) is 0 Å². The number of rotatable bonds is 4. The van der Waals surface area contributed by atoms with Crippen LogP contribution in [0.1, 0.15) is 23.7 Å². The summed E-state index contributed by atoms with van der Waals surface area (Å²) in [5.41, 5.74) is 2.49. The van der Waals surface area contributed by atoms with E-state index in [0.717, 1.165) is 17.3 Å². The summed E-state index contributed by atoms with van der Waals surface area (Å²) in [5.74, 6) is -2.16. The van der Waals surface area contributed by atoms with E-state index in [0.29, 0.717) is 17.7 Å². The zero-order valence-corrected chi connectivity index (χ0v) is 18.2. The number of benzene rings is 1. The lowest BCUT2D eigenvalue weighted by atomic mass is 10.0. The minimum Gasteiger partial charge on any atom is -0.468 e. The molecule has 0 aliphatic carbocycles. The summed E-state index contributed by atoms with van der Waals surface area (Å²) in [5, 5.41) is 7.12. The molecule has 2 aliphatic heterocycles. The molecule has 0 radical (unpaired) electrons. The summed E-state index contributed by atoms with van der Waals surface area (Å²) < 4.78 is 51.4. The second-order valence-corrected chi connectivity index (χ2v) is 8.45. The van der Waals surface area contributed by atoms with E-state index >= 15 is 0 Å². The Labute approximate surface area is 191 Å². The van der Waals surface area contributed by atoms with Crippen LogP contribution in [0.15, 0.2) is 40.8 Å². The van der Waals surface area contributed by atoms with Gasteiger partial charge in [-0.2, -0.15) is 9.47 Å². The number of nitrogens with zero attached hydrogens (tertiary/aromatic N) is 5. The maximum absolute atomic E-state index is 14.3. The summed E-state index contributed by atoms with van der Waals surface area (Å²) in [6.45, 7) is 2.26. The van der Waals surface area contributed by atoms with Crippen molar-refractivity contribution in [3.05, 3.63) is 64.4 Å². The van der Waals surface area contributed by atoms with Gasteiger partial charge < -0.3 is 9.64 Å². The number of carbonyl (C=O) groups is 1. The zero-order valence-electron chi connectivity index (χ0n) is 17.4. The number of urea groups is 1. The molecule has 3 aromatic rings. The van der Waals surface area contributed by atoms with Gasteiger partial charge in [0, 0.05) is 29.6 Å². The van der Waals surface area contributed by atoms with Gasteiger partial charge in [-0.05, 0) is 48.3 Å². The van der Waals surface area contributed by atoms with E-state index in [2.05, 4.69) is 14.5 Å². The molecule has 1 aromatic carbocycles. The number of aryl methyl sites for hydroxylation is 1. The van der Waals surface area contributed by atoms with Crippen LogP contribution in [0.5, 0.6) is 5.88 Å². The van der Waals surface area contributed by atoms with Gasteiger partial charge in [0.2, 0.25) is 0 Å². The summed E-state index contributed by atoms with van der Waals surface area (Å²) in [6, 6.07) is 5.00. The molecule has 2 aromatic heterocycles. The number of halogens is 3. The fourth-order valence-corrected chi connectivity index (χ4v) is 4.51. The van der Waals surface area contributed by atoms with Crippen molar-refractivity contribution in [3.8, 4) is 17.1 Å². The number of pyridine rings is 1. The minimum atomic E-state index is -0.716. The Morgan fingerprint density at radius 3 is 2.61 bits per heavy atom. The molecular weight excluding hydrogens is 455 g/mol. The molecule has 7 nitrogen and oxygen atoms in total. The number of aromatic nitrogens is 2. The first-order chi connectivity index (χ1) is 15.9. The molecule has 4 heterocycles. The van der Waals surface area contributed by atoms with Crippen LogP contribution < -0.4 is 4.74 Å². The highest BCUT2D eigenvalue weighted by Crippen LogP contribution is 2.32. The van der Waals surface area contributed by atoms with E-state index in [1.54, 1.807) is 6.07 Å². The first kappa shape index (κ1) is 21.4. The lowest BCUT2D eigenvalue weighted by molar-refractivity contribution is 0.0231. The largest absolute Gasteiger partial charge is 0.468 e. The van der Waals surface area contributed by atoms with Crippen LogP contribution in [0.3, 0.4) is 0 Å². The molecule has 1 fully saturated rings. The van der Waals surface area contributed by atoms with E-state index in [1.165, 1.54) is 45.9 Å². The third-order valence-corrected chi connectivity index (χ3v) is 6.25.